The van der Waals surface area contributed by atoms with Gasteiger partial charge in [-0.2, -0.15) is 0 Å². The van der Waals surface area contributed by atoms with Crippen molar-refractivity contribution in [3.05, 3.63) is 23.9 Å². The predicted molar refractivity (Wildman–Crippen MR) is 73.7 cm³/mol. The number of nitrogens with one attached hydrogen (secondary N) is 1. The molecule has 100 valence electrons. The zero-order valence-electron chi connectivity index (χ0n) is 11.1. The van der Waals surface area contributed by atoms with Crippen molar-refractivity contribution in [2.24, 2.45) is 0 Å². The van der Waals surface area contributed by atoms with Gasteiger partial charge in [0.2, 0.25) is 0 Å². The quantitative estimate of drug-likeness (QED) is 0.803. The summed E-state index contributed by atoms with van der Waals surface area (Å²) in [6.07, 6.45) is 6.36. The van der Waals surface area contributed by atoms with Gasteiger partial charge in [0, 0.05) is 31.9 Å². The number of pyridine rings is 1. The molecule has 0 saturated carbocycles. The van der Waals surface area contributed by atoms with Gasteiger partial charge >= 0.3 is 0 Å². The Kier molecular flexibility index (Phi) is 4.96. The monoisotopic (exact) mass is 249 g/mol. The van der Waals surface area contributed by atoms with Crippen LogP contribution in [0.2, 0.25) is 0 Å². The molecule has 0 bridgehead atoms. The SMILES string of the molecule is CNCc1ccc(N2CCCC2CCCO)nc1. The summed E-state index contributed by atoms with van der Waals surface area (Å²) in [5, 5.41) is 12.1. The summed E-state index contributed by atoms with van der Waals surface area (Å²) in [6, 6.07) is 4.81. The molecule has 1 atom stereocenters. The number of hydrogen-bond donors (Lipinski definition) is 2. The summed E-state index contributed by atoms with van der Waals surface area (Å²) >= 11 is 0. The first-order chi connectivity index (χ1) is 8.85. The Bertz CT molecular complexity index is 353. The summed E-state index contributed by atoms with van der Waals surface area (Å²) in [7, 11) is 1.94. The van der Waals surface area contributed by atoms with E-state index in [9.17, 15) is 0 Å². The maximum absolute atomic E-state index is 8.94. The van der Waals surface area contributed by atoms with E-state index in [2.05, 4.69) is 27.3 Å². The molecule has 0 radical (unpaired) electrons. The minimum absolute atomic E-state index is 0.291. The number of hydrogen-bond acceptors (Lipinski definition) is 4. The molecule has 4 heteroatoms. The highest BCUT2D eigenvalue weighted by atomic mass is 16.2. The first-order valence-electron chi connectivity index (χ1n) is 6.82. The van der Waals surface area contributed by atoms with E-state index in [1.54, 1.807) is 0 Å². The zero-order valence-corrected chi connectivity index (χ0v) is 11.1. The number of aliphatic hydroxyl groups is 1. The van der Waals surface area contributed by atoms with Gasteiger partial charge in [0.15, 0.2) is 0 Å². The van der Waals surface area contributed by atoms with Crippen molar-refractivity contribution in [3.63, 3.8) is 0 Å². The van der Waals surface area contributed by atoms with Crippen LogP contribution in [0.15, 0.2) is 18.3 Å². The van der Waals surface area contributed by atoms with Gasteiger partial charge in [-0.1, -0.05) is 6.07 Å². The molecule has 0 amide bonds. The second-order valence-electron chi connectivity index (χ2n) is 4.91. The normalized spacial score (nSPS) is 19.4. The van der Waals surface area contributed by atoms with Crippen LogP contribution in [-0.4, -0.2) is 36.3 Å². The van der Waals surface area contributed by atoms with E-state index in [0.717, 1.165) is 31.7 Å². The molecule has 1 fully saturated rings. The lowest BCUT2D eigenvalue weighted by molar-refractivity contribution is 0.279. The second-order valence-corrected chi connectivity index (χ2v) is 4.91. The van der Waals surface area contributed by atoms with Crippen LogP contribution in [0.25, 0.3) is 0 Å². The number of rotatable bonds is 6. The van der Waals surface area contributed by atoms with E-state index in [1.165, 1.54) is 18.4 Å². The van der Waals surface area contributed by atoms with Crippen LogP contribution in [0.5, 0.6) is 0 Å². The van der Waals surface area contributed by atoms with Gasteiger partial charge in [0.05, 0.1) is 0 Å². The summed E-state index contributed by atoms with van der Waals surface area (Å²) in [6.45, 7) is 2.24. The number of aliphatic hydroxyl groups excluding tert-OH is 1. The van der Waals surface area contributed by atoms with Crippen molar-refractivity contribution in [1.82, 2.24) is 10.3 Å². The minimum atomic E-state index is 0.291. The van der Waals surface area contributed by atoms with E-state index in [-0.39, 0.29) is 0 Å². The van der Waals surface area contributed by atoms with E-state index in [1.807, 2.05) is 13.2 Å². The Balaban J connectivity index is 2.00. The van der Waals surface area contributed by atoms with E-state index in [0.29, 0.717) is 12.6 Å². The number of nitrogens with zero attached hydrogens (tertiary/aromatic N) is 2. The molecule has 4 nitrogen and oxygen atoms in total. The topological polar surface area (TPSA) is 48.4 Å². The highest BCUT2D eigenvalue weighted by Crippen LogP contribution is 2.26. The van der Waals surface area contributed by atoms with Crippen molar-refractivity contribution < 1.29 is 5.11 Å². The lowest BCUT2D eigenvalue weighted by atomic mass is 10.1. The molecule has 1 aliphatic heterocycles. The lowest BCUT2D eigenvalue weighted by Crippen LogP contribution is -2.30. The molecule has 0 spiro atoms. The maximum Gasteiger partial charge on any atom is 0.128 e. The van der Waals surface area contributed by atoms with Crippen LogP contribution in [0.3, 0.4) is 0 Å². The Morgan fingerprint density at radius 3 is 3.06 bits per heavy atom. The number of anilines is 1. The molecule has 1 saturated heterocycles. The Labute approximate surface area is 109 Å². The van der Waals surface area contributed by atoms with Crippen molar-refractivity contribution >= 4 is 5.82 Å². The molecular weight excluding hydrogens is 226 g/mol. The van der Waals surface area contributed by atoms with Gasteiger partial charge < -0.3 is 15.3 Å². The smallest absolute Gasteiger partial charge is 0.128 e. The van der Waals surface area contributed by atoms with Gasteiger partial charge in [0.1, 0.15) is 5.82 Å². The highest BCUT2D eigenvalue weighted by Gasteiger charge is 2.24. The average Bonchev–Trinajstić information content (AvgIpc) is 2.86. The molecular formula is C14H23N3O. The summed E-state index contributed by atoms with van der Waals surface area (Å²) in [5.74, 6) is 1.08. The summed E-state index contributed by atoms with van der Waals surface area (Å²) < 4.78 is 0. The van der Waals surface area contributed by atoms with Gasteiger partial charge in [-0.05, 0) is 44.4 Å². The average molecular weight is 249 g/mol. The molecule has 2 heterocycles. The fraction of sp³-hybridized carbons (Fsp3) is 0.643. The molecule has 2 N–H and O–H groups in total. The minimum Gasteiger partial charge on any atom is -0.396 e. The molecule has 1 aromatic rings. The standard InChI is InChI=1S/C14H23N3O/c1-15-10-12-6-7-14(16-11-12)17-8-2-4-13(17)5-3-9-18/h6-7,11,13,15,18H,2-5,8-10H2,1H3. The predicted octanol–water partition coefficient (Wildman–Crippen LogP) is 1.54. The molecule has 0 aromatic carbocycles. The number of aromatic nitrogens is 1. The van der Waals surface area contributed by atoms with Gasteiger partial charge in [0.25, 0.3) is 0 Å². The first kappa shape index (κ1) is 13.3. The van der Waals surface area contributed by atoms with Crippen molar-refractivity contribution in [2.75, 3.05) is 25.1 Å². The highest BCUT2D eigenvalue weighted by molar-refractivity contribution is 5.41. The molecule has 0 aliphatic carbocycles. The van der Waals surface area contributed by atoms with Crippen molar-refractivity contribution in [2.45, 2.75) is 38.3 Å². The maximum atomic E-state index is 8.94. The third kappa shape index (κ3) is 3.21. The van der Waals surface area contributed by atoms with Crippen molar-refractivity contribution in [1.29, 1.82) is 0 Å². The van der Waals surface area contributed by atoms with Crippen molar-refractivity contribution in [3.8, 4) is 0 Å². The molecule has 18 heavy (non-hydrogen) atoms. The third-order valence-corrected chi connectivity index (χ3v) is 3.56. The molecule has 2 rings (SSSR count). The third-order valence-electron chi connectivity index (χ3n) is 3.56. The Morgan fingerprint density at radius 2 is 2.39 bits per heavy atom. The largest absolute Gasteiger partial charge is 0.396 e. The van der Waals surface area contributed by atoms with Crippen LogP contribution in [0.4, 0.5) is 5.82 Å². The summed E-state index contributed by atoms with van der Waals surface area (Å²) in [5.41, 5.74) is 1.22. The van der Waals surface area contributed by atoms with Crippen LogP contribution < -0.4 is 10.2 Å². The molecule has 1 unspecified atom stereocenters. The first-order valence-corrected chi connectivity index (χ1v) is 6.82. The van der Waals surface area contributed by atoms with Gasteiger partial charge in [-0.15, -0.1) is 0 Å². The van der Waals surface area contributed by atoms with Crippen LogP contribution >= 0.6 is 0 Å². The fourth-order valence-corrected chi connectivity index (χ4v) is 2.66. The van der Waals surface area contributed by atoms with Gasteiger partial charge in [-0.25, -0.2) is 4.98 Å². The van der Waals surface area contributed by atoms with E-state index < -0.39 is 0 Å². The zero-order chi connectivity index (χ0) is 12.8. The van der Waals surface area contributed by atoms with E-state index >= 15 is 0 Å². The van der Waals surface area contributed by atoms with Crippen LogP contribution in [0, 0.1) is 0 Å². The van der Waals surface area contributed by atoms with Gasteiger partial charge in [-0.3, -0.25) is 0 Å². The van der Waals surface area contributed by atoms with E-state index in [4.69, 9.17) is 5.11 Å². The Morgan fingerprint density at radius 1 is 1.50 bits per heavy atom. The van der Waals surface area contributed by atoms with Crippen LogP contribution in [-0.2, 0) is 6.54 Å². The Hall–Kier alpha value is -1.13. The fourth-order valence-electron chi connectivity index (χ4n) is 2.66. The molecule has 1 aliphatic rings. The summed E-state index contributed by atoms with van der Waals surface area (Å²) in [4.78, 5) is 6.95. The lowest BCUT2D eigenvalue weighted by Gasteiger charge is -2.25. The van der Waals surface area contributed by atoms with Crippen LogP contribution in [0.1, 0.15) is 31.2 Å². The molecule has 1 aromatic heterocycles. The second kappa shape index (κ2) is 6.71.